The van der Waals surface area contributed by atoms with E-state index in [0.717, 1.165) is 0 Å². The van der Waals surface area contributed by atoms with Crippen molar-refractivity contribution in [3.63, 3.8) is 0 Å². The molecule has 0 atom stereocenters. The molecule has 36 valence electrons. The normalized spacial score (nSPS) is 7.67. The predicted octanol–water partition coefficient (Wildman–Crippen LogP) is -0.559. The molecular formula is CH2O3S2. The summed E-state index contributed by atoms with van der Waals surface area (Å²) < 4.78 is 17.8. The second kappa shape index (κ2) is 2.22. The number of thiol groups is 1. The minimum absolute atomic E-state index is 0.880. The smallest absolute Gasteiger partial charge is 0.251 e. The molecule has 0 amide bonds. The molecule has 0 saturated carbocycles. The zero-order chi connectivity index (χ0) is 5.15. The zero-order valence-electron chi connectivity index (χ0n) is 2.62. The van der Waals surface area contributed by atoms with Gasteiger partial charge in [0.05, 0.1) is 0 Å². The molecule has 0 heterocycles. The number of hydrogen-bond donors (Lipinski definition) is 2. The Kier molecular flexibility index (Phi) is 2.22. The van der Waals surface area contributed by atoms with Gasteiger partial charge in [-0.25, -0.2) is 0 Å². The van der Waals surface area contributed by atoms with Crippen LogP contribution < -0.4 is 0 Å². The first-order valence-electron chi connectivity index (χ1n) is 0.985. The second-order valence-corrected chi connectivity index (χ2v) is 2.10. The number of aliphatic hydroxyl groups excluding tert-OH is 1. The third kappa shape index (κ3) is 2.25. The number of aliphatic hydroxyl groups is 1. The van der Waals surface area contributed by atoms with Gasteiger partial charge >= 0.3 is 0 Å². The second-order valence-electron chi connectivity index (χ2n) is 0.517. The SMILES string of the molecule is O=S(=O)=C(O)S. The molecule has 0 rings (SSSR count). The lowest BCUT2D eigenvalue weighted by atomic mass is 11.7. The lowest BCUT2D eigenvalue weighted by Crippen LogP contribution is -1.80. The van der Waals surface area contributed by atoms with Gasteiger partial charge in [-0.15, -0.1) is 12.6 Å². The maximum atomic E-state index is 9.34. The largest absolute Gasteiger partial charge is 0.343 e. The summed E-state index contributed by atoms with van der Waals surface area (Å²) in [6.45, 7) is 0. The summed E-state index contributed by atoms with van der Waals surface area (Å²) in [5.74, 6) is 0. The Labute approximate surface area is 41.5 Å². The molecule has 0 saturated heterocycles. The van der Waals surface area contributed by atoms with Crippen molar-refractivity contribution in [1.29, 1.82) is 0 Å². The Balaban J connectivity index is 4.58. The van der Waals surface area contributed by atoms with Gasteiger partial charge in [0.25, 0.3) is 10.3 Å². The van der Waals surface area contributed by atoms with Crippen molar-refractivity contribution >= 4 is 27.3 Å². The van der Waals surface area contributed by atoms with Crippen LogP contribution >= 0.6 is 12.6 Å². The standard InChI is InChI=1S/CH2O3S2/c2-1(5)6(3)4/h2,5H. The van der Waals surface area contributed by atoms with E-state index in [-0.39, 0.29) is 0 Å². The molecule has 0 bridgehead atoms. The van der Waals surface area contributed by atoms with E-state index in [1.54, 1.807) is 0 Å². The van der Waals surface area contributed by atoms with Gasteiger partial charge in [-0.05, 0) is 0 Å². The van der Waals surface area contributed by atoms with Crippen LogP contribution in [0.1, 0.15) is 0 Å². The predicted molar refractivity (Wildman–Crippen MR) is 25.5 cm³/mol. The van der Waals surface area contributed by atoms with Crippen LogP contribution in [-0.4, -0.2) is 17.9 Å². The van der Waals surface area contributed by atoms with Crippen LogP contribution in [0.15, 0.2) is 0 Å². The van der Waals surface area contributed by atoms with Crippen LogP contribution in [0.4, 0.5) is 0 Å². The van der Waals surface area contributed by atoms with Gasteiger partial charge in [0.15, 0.2) is 0 Å². The van der Waals surface area contributed by atoms with E-state index in [0.29, 0.717) is 0 Å². The summed E-state index contributed by atoms with van der Waals surface area (Å²) in [5, 5.41) is 7.80. The molecule has 3 nitrogen and oxygen atoms in total. The van der Waals surface area contributed by atoms with E-state index in [1.165, 1.54) is 0 Å². The number of hydrogen-bond acceptors (Lipinski definition) is 2. The molecule has 0 aromatic heterocycles. The van der Waals surface area contributed by atoms with Crippen LogP contribution in [0.3, 0.4) is 0 Å². The minimum Gasteiger partial charge on any atom is -0.343 e. The lowest BCUT2D eigenvalue weighted by Gasteiger charge is -1.63. The van der Waals surface area contributed by atoms with Gasteiger partial charge in [-0.3, -0.25) is 0 Å². The number of rotatable bonds is 0. The van der Waals surface area contributed by atoms with Gasteiger partial charge in [0.2, 0.25) is 4.38 Å². The quantitative estimate of drug-likeness (QED) is 0.338. The van der Waals surface area contributed by atoms with Crippen LogP contribution in [0.2, 0.25) is 0 Å². The molecule has 1 N–H and O–H groups in total. The van der Waals surface area contributed by atoms with E-state index >= 15 is 0 Å². The molecule has 0 aliphatic carbocycles. The zero-order valence-corrected chi connectivity index (χ0v) is 4.33. The molecule has 0 spiro atoms. The van der Waals surface area contributed by atoms with Gasteiger partial charge in [-0.1, -0.05) is 0 Å². The Morgan fingerprint density at radius 3 is 1.83 bits per heavy atom. The molecule has 0 aliphatic rings. The van der Waals surface area contributed by atoms with E-state index in [9.17, 15) is 8.42 Å². The average Bonchev–Trinajstić information content (AvgIpc) is 1.36. The van der Waals surface area contributed by atoms with E-state index in [2.05, 4.69) is 12.6 Å². The summed E-state index contributed by atoms with van der Waals surface area (Å²) >= 11 is 3.05. The summed E-state index contributed by atoms with van der Waals surface area (Å²) in [6.07, 6.45) is 0. The van der Waals surface area contributed by atoms with Crippen molar-refractivity contribution in [3.05, 3.63) is 0 Å². The Bertz CT molecular complexity index is 140. The maximum absolute atomic E-state index is 9.34. The Hall–Kier alpha value is -0.0000000000000000555. The fourth-order valence-corrected chi connectivity index (χ4v) is 0. The van der Waals surface area contributed by atoms with Crippen LogP contribution in [0.5, 0.6) is 0 Å². The molecule has 0 aromatic carbocycles. The fraction of sp³-hybridized carbons (Fsp3) is 0. The van der Waals surface area contributed by atoms with E-state index in [1.807, 2.05) is 0 Å². The first kappa shape index (κ1) is 6.00. The van der Waals surface area contributed by atoms with Crippen molar-refractivity contribution in [3.8, 4) is 0 Å². The Morgan fingerprint density at radius 1 is 1.67 bits per heavy atom. The minimum atomic E-state index is -2.53. The summed E-state index contributed by atoms with van der Waals surface area (Å²) in [5.41, 5.74) is 0. The van der Waals surface area contributed by atoms with Crippen LogP contribution in [-0.2, 0) is 10.3 Å². The van der Waals surface area contributed by atoms with E-state index < -0.39 is 14.7 Å². The van der Waals surface area contributed by atoms with E-state index in [4.69, 9.17) is 5.11 Å². The lowest BCUT2D eigenvalue weighted by molar-refractivity contribution is 0.575. The first-order chi connectivity index (χ1) is 2.64. The fourth-order valence-electron chi connectivity index (χ4n) is 0. The van der Waals surface area contributed by atoms with Crippen molar-refractivity contribution in [2.45, 2.75) is 0 Å². The van der Waals surface area contributed by atoms with Gasteiger partial charge in [0, 0.05) is 0 Å². The topological polar surface area (TPSA) is 54.4 Å². The molecule has 5 heteroatoms. The van der Waals surface area contributed by atoms with Crippen molar-refractivity contribution in [2.75, 3.05) is 0 Å². The highest BCUT2D eigenvalue weighted by Gasteiger charge is 1.75. The van der Waals surface area contributed by atoms with Crippen molar-refractivity contribution in [1.82, 2.24) is 0 Å². The summed E-state index contributed by atoms with van der Waals surface area (Å²) in [4.78, 5) is 0. The molecule has 0 unspecified atom stereocenters. The van der Waals surface area contributed by atoms with Gasteiger partial charge < -0.3 is 5.11 Å². The maximum Gasteiger partial charge on any atom is 0.251 e. The molecular weight excluding hydrogens is 124 g/mol. The van der Waals surface area contributed by atoms with Crippen LogP contribution in [0, 0.1) is 0 Å². The van der Waals surface area contributed by atoms with Gasteiger partial charge in [0.1, 0.15) is 0 Å². The summed E-state index contributed by atoms with van der Waals surface area (Å²) in [7, 11) is -2.53. The summed E-state index contributed by atoms with van der Waals surface area (Å²) in [6, 6.07) is 0. The third-order valence-electron chi connectivity index (χ3n) is 0.149. The molecule has 6 heavy (non-hydrogen) atoms. The molecule has 0 aliphatic heterocycles. The third-order valence-corrected chi connectivity index (χ3v) is 0.894. The first-order valence-corrected chi connectivity index (χ1v) is 2.51. The molecule has 0 radical (unpaired) electrons. The van der Waals surface area contributed by atoms with Gasteiger partial charge in [-0.2, -0.15) is 8.42 Å². The van der Waals surface area contributed by atoms with Crippen molar-refractivity contribution < 1.29 is 13.5 Å². The van der Waals surface area contributed by atoms with Crippen molar-refractivity contribution in [2.24, 2.45) is 0 Å². The highest BCUT2D eigenvalue weighted by Crippen LogP contribution is 1.66. The average molecular weight is 126 g/mol. The molecule has 0 aromatic rings. The monoisotopic (exact) mass is 126 g/mol. The van der Waals surface area contributed by atoms with Crippen LogP contribution in [0.25, 0.3) is 0 Å². The highest BCUT2D eigenvalue weighted by atomic mass is 32.2. The highest BCUT2D eigenvalue weighted by molar-refractivity contribution is 8.08. The molecule has 0 fully saturated rings. The Morgan fingerprint density at radius 2 is 1.83 bits per heavy atom.